The molecule has 1 aromatic carbocycles. The van der Waals surface area contributed by atoms with Gasteiger partial charge in [0.15, 0.2) is 5.01 Å². The summed E-state index contributed by atoms with van der Waals surface area (Å²) in [5.41, 5.74) is 1.25. The number of rotatable bonds is 2. The lowest BCUT2D eigenvalue weighted by Crippen LogP contribution is -2.00. The molecule has 0 aliphatic carbocycles. The van der Waals surface area contributed by atoms with E-state index >= 15 is 0 Å². The van der Waals surface area contributed by atoms with Gasteiger partial charge in [-0.05, 0) is 41.9 Å². The summed E-state index contributed by atoms with van der Waals surface area (Å²) in [7, 11) is 0. The third kappa shape index (κ3) is 2.93. The van der Waals surface area contributed by atoms with Crippen molar-refractivity contribution in [1.29, 1.82) is 0 Å². The van der Waals surface area contributed by atoms with Gasteiger partial charge in [0.2, 0.25) is 0 Å². The molecule has 0 radical (unpaired) electrons. The molecule has 0 saturated heterocycles. The van der Waals surface area contributed by atoms with Gasteiger partial charge in [0.1, 0.15) is 5.75 Å². The summed E-state index contributed by atoms with van der Waals surface area (Å²) in [5.74, 6) is 0.903. The van der Waals surface area contributed by atoms with E-state index in [9.17, 15) is 0 Å². The topological polar surface area (TPSA) is 9.23 Å². The van der Waals surface area contributed by atoms with Crippen LogP contribution in [0.25, 0.3) is 0 Å². The van der Waals surface area contributed by atoms with Crippen molar-refractivity contribution in [2.75, 3.05) is 0 Å². The molecule has 2 heteroatoms. The van der Waals surface area contributed by atoms with Gasteiger partial charge >= 0.3 is 0 Å². The molecule has 60 valence electrons. The predicted molar refractivity (Wildman–Crippen MR) is 50.2 cm³/mol. The first kappa shape index (κ1) is 8.60. The Morgan fingerprint density at radius 1 is 1.27 bits per heavy atom. The normalized spacial score (nSPS) is 12.6. The lowest BCUT2D eigenvalue weighted by Gasteiger charge is -2.07. The second-order valence-electron chi connectivity index (χ2n) is 2.47. The van der Waals surface area contributed by atoms with Crippen molar-refractivity contribution in [3.8, 4) is 5.75 Å². The van der Waals surface area contributed by atoms with Gasteiger partial charge in [0.25, 0.3) is 0 Å². The number of aryl methyl sites for hydroxylation is 1. The summed E-state index contributed by atoms with van der Waals surface area (Å²) in [6.45, 7) is 4.00. The highest BCUT2D eigenvalue weighted by Crippen LogP contribution is 2.14. The highest BCUT2D eigenvalue weighted by molar-refractivity contribution is 9.09. The molecule has 0 aliphatic heterocycles. The Balaban J connectivity index is 2.66. The van der Waals surface area contributed by atoms with Crippen molar-refractivity contribution < 1.29 is 4.74 Å². The first-order valence-corrected chi connectivity index (χ1v) is 4.47. The van der Waals surface area contributed by atoms with Gasteiger partial charge in [0.05, 0.1) is 0 Å². The molecule has 0 N–H and O–H groups in total. The van der Waals surface area contributed by atoms with Crippen LogP contribution in [-0.2, 0) is 0 Å². The maximum absolute atomic E-state index is 5.39. The molecule has 0 amide bonds. The van der Waals surface area contributed by atoms with Gasteiger partial charge in [-0.1, -0.05) is 17.7 Å². The van der Waals surface area contributed by atoms with E-state index in [0.717, 1.165) is 5.75 Å². The summed E-state index contributed by atoms with van der Waals surface area (Å²) < 4.78 is 5.39. The van der Waals surface area contributed by atoms with Gasteiger partial charge in [-0.2, -0.15) is 0 Å². The second-order valence-corrected chi connectivity index (χ2v) is 3.76. The summed E-state index contributed by atoms with van der Waals surface area (Å²) in [6, 6.07) is 8.00. The number of alkyl halides is 1. The van der Waals surface area contributed by atoms with Crippen LogP contribution in [0.15, 0.2) is 24.3 Å². The van der Waals surface area contributed by atoms with Gasteiger partial charge < -0.3 is 4.74 Å². The van der Waals surface area contributed by atoms with Crippen LogP contribution in [-0.4, -0.2) is 5.01 Å². The minimum absolute atomic E-state index is 0.0743. The Morgan fingerprint density at radius 2 is 1.82 bits per heavy atom. The Kier molecular flexibility index (Phi) is 2.94. The molecule has 0 heterocycles. The Labute approximate surface area is 75.5 Å². The molecular formula is C9H11BrO. The Bertz CT molecular complexity index is 216. The van der Waals surface area contributed by atoms with Crippen molar-refractivity contribution >= 4 is 15.9 Å². The molecule has 0 bridgehead atoms. The molecule has 0 spiro atoms. The van der Waals surface area contributed by atoms with Crippen molar-refractivity contribution in [3.05, 3.63) is 29.8 Å². The average Bonchev–Trinajstić information content (AvgIpc) is 1.93. The molecule has 0 saturated carbocycles. The molecule has 11 heavy (non-hydrogen) atoms. The van der Waals surface area contributed by atoms with Crippen molar-refractivity contribution in [2.24, 2.45) is 0 Å². The van der Waals surface area contributed by atoms with Crippen LogP contribution in [0.4, 0.5) is 0 Å². The fourth-order valence-electron chi connectivity index (χ4n) is 0.804. The van der Waals surface area contributed by atoms with Crippen molar-refractivity contribution in [2.45, 2.75) is 18.9 Å². The number of benzene rings is 1. The molecule has 1 rings (SSSR count). The van der Waals surface area contributed by atoms with Crippen LogP contribution in [0.3, 0.4) is 0 Å². The molecule has 1 aromatic rings. The van der Waals surface area contributed by atoms with Crippen LogP contribution < -0.4 is 4.74 Å². The number of hydrogen-bond donors (Lipinski definition) is 0. The lowest BCUT2D eigenvalue weighted by molar-refractivity contribution is 0.314. The van der Waals surface area contributed by atoms with Crippen LogP contribution in [0.1, 0.15) is 12.5 Å². The van der Waals surface area contributed by atoms with Crippen LogP contribution >= 0.6 is 15.9 Å². The van der Waals surface area contributed by atoms with E-state index in [1.807, 2.05) is 31.2 Å². The molecule has 0 aliphatic rings. The highest BCUT2D eigenvalue weighted by atomic mass is 79.9. The largest absolute Gasteiger partial charge is 0.480 e. The van der Waals surface area contributed by atoms with Gasteiger partial charge in [-0.3, -0.25) is 0 Å². The second kappa shape index (κ2) is 3.77. The molecule has 1 nitrogen and oxygen atoms in total. The van der Waals surface area contributed by atoms with Gasteiger partial charge in [-0.15, -0.1) is 0 Å². The summed E-state index contributed by atoms with van der Waals surface area (Å²) in [5, 5.41) is 0.0743. The molecule has 0 fully saturated rings. The Morgan fingerprint density at radius 3 is 2.27 bits per heavy atom. The molecule has 1 unspecified atom stereocenters. The van der Waals surface area contributed by atoms with E-state index in [2.05, 4.69) is 22.9 Å². The van der Waals surface area contributed by atoms with E-state index < -0.39 is 0 Å². The number of hydrogen-bond acceptors (Lipinski definition) is 1. The van der Waals surface area contributed by atoms with E-state index in [1.54, 1.807) is 0 Å². The SMILES string of the molecule is Cc1ccc(OC(C)Br)cc1. The van der Waals surface area contributed by atoms with Crippen LogP contribution in [0.2, 0.25) is 0 Å². The van der Waals surface area contributed by atoms with Crippen molar-refractivity contribution in [3.63, 3.8) is 0 Å². The van der Waals surface area contributed by atoms with Crippen LogP contribution in [0.5, 0.6) is 5.75 Å². The molecule has 0 aromatic heterocycles. The standard InChI is InChI=1S/C9H11BrO/c1-7-3-5-9(6-4-7)11-8(2)10/h3-6,8H,1-2H3. The van der Waals surface area contributed by atoms with Gasteiger partial charge in [-0.25, -0.2) is 0 Å². The predicted octanol–water partition coefficient (Wildman–Crippen LogP) is 3.11. The van der Waals surface area contributed by atoms with E-state index in [1.165, 1.54) is 5.56 Å². The minimum Gasteiger partial charge on any atom is -0.480 e. The fraction of sp³-hybridized carbons (Fsp3) is 0.333. The molecular weight excluding hydrogens is 204 g/mol. The summed E-state index contributed by atoms with van der Waals surface area (Å²) in [6.07, 6.45) is 0. The third-order valence-corrected chi connectivity index (χ3v) is 1.51. The maximum Gasteiger partial charge on any atom is 0.150 e. The first-order chi connectivity index (χ1) is 5.18. The maximum atomic E-state index is 5.39. The quantitative estimate of drug-likeness (QED) is 0.688. The number of ether oxygens (including phenoxy) is 1. The monoisotopic (exact) mass is 214 g/mol. The van der Waals surface area contributed by atoms with E-state index in [4.69, 9.17) is 4.74 Å². The summed E-state index contributed by atoms with van der Waals surface area (Å²) in [4.78, 5) is 0. The minimum atomic E-state index is 0.0743. The number of halogens is 1. The smallest absolute Gasteiger partial charge is 0.150 e. The van der Waals surface area contributed by atoms with E-state index in [-0.39, 0.29) is 5.01 Å². The fourth-order valence-corrected chi connectivity index (χ4v) is 1.02. The van der Waals surface area contributed by atoms with Crippen molar-refractivity contribution in [1.82, 2.24) is 0 Å². The summed E-state index contributed by atoms with van der Waals surface area (Å²) >= 11 is 3.31. The Hall–Kier alpha value is -0.500. The zero-order valence-corrected chi connectivity index (χ0v) is 8.26. The zero-order chi connectivity index (χ0) is 8.27. The third-order valence-electron chi connectivity index (χ3n) is 1.32. The first-order valence-electron chi connectivity index (χ1n) is 3.56. The highest BCUT2D eigenvalue weighted by Gasteiger charge is 1.96. The van der Waals surface area contributed by atoms with E-state index in [0.29, 0.717) is 0 Å². The van der Waals surface area contributed by atoms with Gasteiger partial charge in [0, 0.05) is 0 Å². The zero-order valence-electron chi connectivity index (χ0n) is 6.67. The lowest BCUT2D eigenvalue weighted by atomic mass is 10.2. The van der Waals surface area contributed by atoms with Crippen LogP contribution in [0, 0.1) is 6.92 Å². The molecule has 1 atom stereocenters. The average molecular weight is 215 g/mol.